The van der Waals surface area contributed by atoms with E-state index in [9.17, 15) is 18.4 Å². The number of carbonyl (C=O) groups excluding carboxylic acids is 1. The molecular formula is C25H27F2N5O2. The molecule has 3 aromatic rings. The number of rotatable bonds is 5. The van der Waals surface area contributed by atoms with Crippen molar-refractivity contribution >= 4 is 28.3 Å². The fraction of sp³-hybridized carbons (Fsp3) is 0.360. The van der Waals surface area contributed by atoms with Gasteiger partial charge in [0, 0.05) is 38.2 Å². The predicted molar refractivity (Wildman–Crippen MR) is 128 cm³/mol. The van der Waals surface area contributed by atoms with Crippen molar-refractivity contribution in [2.24, 2.45) is 7.05 Å². The third-order valence-electron chi connectivity index (χ3n) is 6.48. The summed E-state index contributed by atoms with van der Waals surface area (Å²) in [6.45, 7) is 6.11. The maximum absolute atomic E-state index is 13.4. The van der Waals surface area contributed by atoms with Crippen molar-refractivity contribution in [1.29, 1.82) is 0 Å². The van der Waals surface area contributed by atoms with E-state index < -0.39 is 6.43 Å². The summed E-state index contributed by atoms with van der Waals surface area (Å²) in [6.07, 6.45) is 1.31. The number of benzene rings is 1. The van der Waals surface area contributed by atoms with Gasteiger partial charge in [-0.3, -0.25) is 14.2 Å². The first-order valence-electron chi connectivity index (χ1n) is 11.1. The number of aromatic nitrogens is 3. The molecular weight excluding hydrogens is 440 g/mol. The zero-order valence-corrected chi connectivity index (χ0v) is 19.6. The summed E-state index contributed by atoms with van der Waals surface area (Å²) in [5.74, 6) is 0.514. The van der Waals surface area contributed by atoms with Gasteiger partial charge in [-0.25, -0.2) is 18.7 Å². The zero-order valence-electron chi connectivity index (χ0n) is 19.6. The Morgan fingerprint density at radius 3 is 2.59 bits per heavy atom. The van der Waals surface area contributed by atoms with Gasteiger partial charge < -0.3 is 10.2 Å². The molecule has 0 saturated heterocycles. The van der Waals surface area contributed by atoms with Crippen molar-refractivity contribution in [2.75, 3.05) is 18.4 Å². The summed E-state index contributed by atoms with van der Waals surface area (Å²) in [5, 5.41) is 3.98. The van der Waals surface area contributed by atoms with Gasteiger partial charge in [-0.05, 0) is 43.0 Å². The van der Waals surface area contributed by atoms with Gasteiger partial charge >= 0.3 is 0 Å². The predicted octanol–water partition coefficient (Wildman–Crippen LogP) is 4.38. The first-order chi connectivity index (χ1) is 16.2. The molecule has 9 heteroatoms. The van der Waals surface area contributed by atoms with Gasteiger partial charge in [0.2, 0.25) is 5.91 Å². The van der Waals surface area contributed by atoms with E-state index in [0.29, 0.717) is 47.5 Å². The average molecular weight is 468 g/mol. The number of nitrogens with one attached hydrogen (secondary N) is 1. The summed E-state index contributed by atoms with van der Waals surface area (Å²) in [5.41, 5.74) is 3.00. The summed E-state index contributed by atoms with van der Waals surface area (Å²) >= 11 is 0. The minimum absolute atomic E-state index is 0.00166. The molecule has 0 spiro atoms. The highest BCUT2D eigenvalue weighted by Gasteiger charge is 2.21. The molecule has 0 bridgehead atoms. The van der Waals surface area contributed by atoms with E-state index in [1.54, 1.807) is 31.0 Å². The molecule has 0 fully saturated rings. The normalized spacial score (nSPS) is 14.9. The molecule has 7 nitrogen and oxygen atoms in total. The summed E-state index contributed by atoms with van der Waals surface area (Å²) in [4.78, 5) is 35.2. The van der Waals surface area contributed by atoms with Gasteiger partial charge in [0.05, 0.1) is 11.4 Å². The molecule has 1 amide bonds. The molecule has 3 heterocycles. The van der Waals surface area contributed by atoms with Crippen LogP contribution in [0.3, 0.4) is 0 Å². The third-order valence-corrected chi connectivity index (χ3v) is 6.48. The molecule has 0 radical (unpaired) electrons. The van der Waals surface area contributed by atoms with Crippen LogP contribution in [0.4, 0.5) is 14.6 Å². The van der Waals surface area contributed by atoms with Crippen LogP contribution in [0, 0.1) is 6.92 Å². The highest BCUT2D eigenvalue weighted by atomic mass is 19.3. The highest BCUT2D eigenvalue weighted by molar-refractivity contribution is 5.89. The number of amides is 1. The van der Waals surface area contributed by atoms with E-state index in [4.69, 9.17) is 0 Å². The van der Waals surface area contributed by atoms with Crippen LogP contribution < -0.4 is 10.9 Å². The number of hydrogen-bond acceptors (Lipinski definition) is 5. The third kappa shape index (κ3) is 4.30. The van der Waals surface area contributed by atoms with Gasteiger partial charge in [0.15, 0.2) is 0 Å². The fourth-order valence-electron chi connectivity index (χ4n) is 4.47. The number of carbonyl (C=O) groups is 1. The average Bonchev–Trinajstić information content (AvgIpc) is 2.81. The fourth-order valence-corrected chi connectivity index (χ4v) is 4.47. The van der Waals surface area contributed by atoms with Crippen LogP contribution in [0.25, 0.3) is 16.6 Å². The number of halogens is 2. The number of alkyl halides is 2. The maximum atomic E-state index is 13.4. The second-order valence-corrected chi connectivity index (χ2v) is 8.55. The summed E-state index contributed by atoms with van der Waals surface area (Å²) in [7, 11) is 1.66. The topological polar surface area (TPSA) is 80.1 Å². The Morgan fingerprint density at radius 1 is 1.21 bits per heavy atom. The van der Waals surface area contributed by atoms with Gasteiger partial charge in [-0.15, -0.1) is 0 Å². The quantitative estimate of drug-likeness (QED) is 0.602. The van der Waals surface area contributed by atoms with Crippen LogP contribution in [-0.2, 0) is 11.8 Å². The van der Waals surface area contributed by atoms with Crippen molar-refractivity contribution in [3.63, 3.8) is 0 Å². The monoisotopic (exact) mass is 467 g/mol. The molecule has 178 valence electrons. The second-order valence-electron chi connectivity index (χ2n) is 8.55. The van der Waals surface area contributed by atoms with Crippen LogP contribution >= 0.6 is 0 Å². The van der Waals surface area contributed by atoms with Gasteiger partial charge in [0.25, 0.3) is 12.0 Å². The number of anilines is 1. The summed E-state index contributed by atoms with van der Waals surface area (Å²) < 4.78 is 28.2. The molecule has 1 aromatic carbocycles. The Morgan fingerprint density at radius 2 is 1.94 bits per heavy atom. The lowest BCUT2D eigenvalue weighted by Crippen LogP contribution is -2.33. The maximum Gasteiger partial charge on any atom is 0.264 e. The van der Waals surface area contributed by atoms with Crippen molar-refractivity contribution in [2.45, 2.75) is 39.7 Å². The number of pyridine rings is 1. The van der Waals surface area contributed by atoms with Crippen molar-refractivity contribution < 1.29 is 13.6 Å². The van der Waals surface area contributed by atoms with Crippen LogP contribution in [0.5, 0.6) is 0 Å². The van der Waals surface area contributed by atoms with E-state index in [1.807, 2.05) is 19.1 Å². The molecule has 0 aliphatic carbocycles. The lowest BCUT2D eigenvalue weighted by molar-refractivity contribution is -0.128. The molecule has 0 saturated carbocycles. The number of fused-ring (bicyclic) bond motifs is 1. The first kappa shape index (κ1) is 23.5. The Kier molecular flexibility index (Phi) is 6.45. The van der Waals surface area contributed by atoms with Crippen molar-refractivity contribution in [1.82, 2.24) is 19.4 Å². The SMILES string of the molecule is CC(=O)N1CC=C(c2cc3c(N[C@H](C)c4cccc(C(F)F)c4C)ncnc3n(C)c2=O)CC1. The zero-order chi connectivity index (χ0) is 24.6. The molecule has 1 N–H and O–H groups in total. The molecule has 2 aromatic heterocycles. The Labute approximate surface area is 196 Å². The smallest absolute Gasteiger partial charge is 0.264 e. The van der Waals surface area contributed by atoms with Crippen molar-refractivity contribution in [3.05, 3.63) is 69.3 Å². The molecule has 1 aliphatic rings. The van der Waals surface area contributed by atoms with Gasteiger partial charge in [-0.1, -0.05) is 24.3 Å². The Bertz CT molecular complexity index is 1350. The first-order valence-corrected chi connectivity index (χ1v) is 11.1. The van der Waals surface area contributed by atoms with E-state index in [0.717, 1.165) is 11.1 Å². The van der Waals surface area contributed by atoms with Crippen LogP contribution in [0.1, 0.15) is 55.0 Å². The minimum Gasteiger partial charge on any atom is -0.363 e. The molecule has 1 atom stereocenters. The van der Waals surface area contributed by atoms with E-state index in [2.05, 4.69) is 15.3 Å². The molecule has 34 heavy (non-hydrogen) atoms. The van der Waals surface area contributed by atoms with E-state index >= 15 is 0 Å². The van der Waals surface area contributed by atoms with Crippen LogP contribution in [0.15, 0.2) is 41.5 Å². The molecule has 1 aliphatic heterocycles. The lowest BCUT2D eigenvalue weighted by Gasteiger charge is -2.25. The standard InChI is InChI=1S/C25H27F2N5O2/c1-14-18(6-5-7-19(14)22(26)27)15(2)30-23-21-12-20(17-8-10-32(11-9-17)16(3)33)25(34)31(4)24(21)29-13-28-23/h5-8,12-13,15,22H,9-11H2,1-4H3,(H,28,29,30)/t15-/m1/s1. The largest absolute Gasteiger partial charge is 0.363 e. The van der Waals surface area contributed by atoms with Crippen LogP contribution in [0.2, 0.25) is 0 Å². The molecule has 0 unspecified atom stereocenters. The number of hydrogen-bond donors (Lipinski definition) is 1. The van der Waals surface area contributed by atoms with Crippen LogP contribution in [-0.4, -0.2) is 38.4 Å². The molecule has 4 rings (SSSR count). The van der Waals surface area contributed by atoms with Gasteiger partial charge in [0.1, 0.15) is 17.8 Å². The number of aryl methyl sites for hydroxylation is 1. The minimum atomic E-state index is -2.55. The second kappa shape index (κ2) is 9.32. The van der Waals surface area contributed by atoms with E-state index in [-0.39, 0.29) is 23.1 Å². The lowest BCUT2D eigenvalue weighted by atomic mass is 9.97. The Hall–Kier alpha value is -3.62. The summed E-state index contributed by atoms with van der Waals surface area (Å²) in [6, 6.07) is 6.35. The van der Waals surface area contributed by atoms with Crippen molar-refractivity contribution in [3.8, 4) is 0 Å². The highest BCUT2D eigenvalue weighted by Crippen LogP contribution is 2.31. The van der Waals surface area contributed by atoms with E-state index in [1.165, 1.54) is 23.9 Å². The Balaban J connectivity index is 1.75. The number of nitrogens with zero attached hydrogens (tertiary/aromatic N) is 4. The van der Waals surface area contributed by atoms with Gasteiger partial charge in [-0.2, -0.15) is 0 Å².